The summed E-state index contributed by atoms with van der Waals surface area (Å²) in [6.45, 7) is 7.47. The van der Waals surface area contributed by atoms with Crippen molar-refractivity contribution in [1.82, 2.24) is 0 Å². The molecule has 0 amide bonds. The summed E-state index contributed by atoms with van der Waals surface area (Å²) in [5.74, 6) is 2.00. The Bertz CT molecular complexity index is 587. The molecule has 1 unspecified atom stereocenters. The molecule has 27 heavy (non-hydrogen) atoms. The minimum atomic E-state index is -0.0600. The molecular weight excluding hydrogens is 406 g/mol. The van der Waals surface area contributed by atoms with Crippen LogP contribution >= 0.6 is 17.0 Å². The van der Waals surface area contributed by atoms with Crippen molar-refractivity contribution in [3.8, 4) is 11.5 Å². The lowest BCUT2D eigenvalue weighted by molar-refractivity contribution is 0.0961. The lowest BCUT2D eigenvalue weighted by Gasteiger charge is -2.36. The number of carbonyl (C=O) groups is 1. The summed E-state index contributed by atoms with van der Waals surface area (Å²) >= 11 is 0. The van der Waals surface area contributed by atoms with Crippen LogP contribution in [0.1, 0.15) is 82.5 Å². The van der Waals surface area contributed by atoms with E-state index in [9.17, 15) is 4.79 Å². The Morgan fingerprint density at radius 2 is 1.85 bits per heavy atom. The second kappa shape index (κ2) is 11.7. The lowest BCUT2D eigenvalue weighted by atomic mass is 9.75. The van der Waals surface area contributed by atoms with E-state index in [4.69, 9.17) is 15.2 Å². The molecule has 1 aromatic carbocycles. The molecule has 5 heteroatoms. The van der Waals surface area contributed by atoms with E-state index in [1.54, 1.807) is 6.07 Å². The zero-order chi connectivity index (χ0) is 19.0. The number of ketones is 1. The van der Waals surface area contributed by atoms with Gasteiger partial charge in [0.25, 0.3) is 0 Å². The second-order valence-electron chi connectivity index (χ2n) is 7.49. The molecule has 0 spiro atoms. The summed E-state index contributed by atoms with van der Waals surface area (Å²) in [6.07, 6.45) is 9.14. The Labute approximate surface area is 175 Å². The zero-order valence-electron chi connectivity index (χ0n) is 17.1. The Kier molecular flexibility index (Phi) is 10.4. The fourth-order valence-corrected chi connectivity index (χ4v) is 3.87. The largest absolute Gasteiger partial charge is 0.493 e. The number of carbonyl (C=O) groups excluding carboxylic acids is 1. The van der Waals surface area contributed by atoms with E-state index < -0.39 is 0 Å². The van der Waals surface area contributed by atoms with E-state index in [-0.39, 0.29) is 34.9 Å². The summed E-state index contributed by atoms with van der Waals surface area (Å²) in [5, 5.41) is 0. The minimum Gasteiger partial charge on any atom is -0.493 e. The van der Waals surface area contributed by atoms with Gasteiger partial charge in [-0.15, -0.1) is 17.0 Å². The highest BCUT2D eigenvalue weighted by molar-refractivity contribution is 8.93. The molecule has 2 rings (SSSR count). The van der Waals surface area contributed by atoms with Gasteiger partial charge in [-0.2, -0.15) is 0 Å². The van der Waals surface area contributed by atoms with Crippen molar-refractivity contribution < 1.29 is 14.3 Å². The maximum absolute atomic E-state index is 11.6. The smallest absolute Gasteiger partial charge is 0.203 e. The molecule has 2 N–H and O–H groups in total. The molecule has 1 aliphatic heterocycles. The Morgan fingerprint density at radius 3 is 2.52 bits per heavy atom. The van der Waals surface area contributed by atoms with Crippen LogP contribution in [0.5, 0.6) is 11.5 Å². The number of fused-ring (bicyclic) bond motifs is 1. The number of unbranched alkanes of at least 4 members (excludes halogenated alkanes) is 2. The van der Waals surface area contributed by atoms with Crippen molar-refractivity contribution in [2.75, 3.05) is 13.2 Å². The second-order valence-corrected chi connectivity index (χ2v) is 7.49. The SMILES string of the molecule is Br.CCCCCC(CCCOc1ccc2c(c1)OCC2=O)C(N)(CC)CC. The Morgan fingerprint density at radius 1 is 1.15 bits per heavy atom. The number of halogens is 1. The topological polar surface area (TPSA) is 61.5 Å². The molecule has 0 aromatic heterocycles. The minimum absolute atomic E-state index is 0. The Hall–Kier alpha value is -1.07. The van der Waals surface area contributed by atoms with Crippen molar-refractivity contribution in [2.24, 2.45) is 11.7 Å². The van der Waals surface area contributed by atoms with Gasteiger partial charge in [0.2, 0.25) is 5.78 Å². The molecule has 4 nitrogen and oxygen atoms in total. The molecule has 0 fully saturated rings. The standard InChI is InChI=1S/C22H35NO3.BrH/c1-4-7-8-10-17(22(23,5-2)6-3)11-9-14-25-18-12-13-19-20(24)16-26-21(19)15-18;/h12-13,15,17H,4-11,14,16,23H2,1-3H3;1H. The molecular formula is C22H36BrNO3. The Balaban J connectivity index is 0.00000364. The number of Topliss-reactive ketones (excluding diaryl/α,β-unsaturated/α-hetero) is 1. The quantitative estimate of drug-likeness (QED) is 0.421. The average Bonchev–Trinajstić information content (AvgIpc) is 3.03. The summed E-state index contributed by atoms with van der Waals surface area (Å²) in [5.41, 5.74) is 7.30. The van der Waals surface area contributed by atoms with E-state index >= 15 is 0 Å². The first kappa shape index (κ1) is 24.0. The van der Waals surface area contributed by atoms with Crippen LogP contribution in [-0.4, -0.2) is 24.5 Å². The predicted molar refractivity (Wildman–Crippen MR) is 116 cm³/mol. The summed E-state index contributed by atoms with van der Waals surface area (Å²) in [7, 11) is 0. The van der Waals surface area contributed by atoms with Crippen LogP contribution in [0.2, 0.25) is 0 Å². The highest BCUT2D eigenvalue weighted by Gasteiger charge is 2.30. The predicted octanol–water partition coefficient (Wildman–Crippen LogP) is 5.71. The fourth-order valence-electron chi connectivity index (χ4n) is 3.87. The molecule has 1 aromatic rings. The van der Waals surface area contributed by atoms with Gasteiger partial charge < -0.3 is 15.2 Å². The van der Waals surface area contributed by atoms with Crippen LogP contribution < -0.4 is 15.2 Å². The van der Waals surface area contributed by atoms with E-state index in [0.717, 1.165) is 31.4 Å². The number of nitrogens with two attached hydrogens (primary N) is 1. The van der Waals surface area contributed by atoms with Gasteiger partial charge in [-0.05, 0) is 50.2 Å². The number of benzene rings is 1. The molecule has 1 heterocycles. The molecule has 0 saturated heterocycles. The summed E-state index contributed by atoms with van der Waals surface area (Å²) < 4.78 is 11.3. The maximum Gasteiger partial charge on any atom is 0.203 e. The van der Waals surface area contributed by atoms with E-state index in [0.29, 0.717) is 23.8 Å². The highest BCUT2D eigenvalue weighted by Crippen LogP contribution is 2.32. The van der Waals surface area contributed by atoms with Crippen molar-refractivity contribution in [3.05, 3.63) is 23.8 Å². The van der Waals surface area contributed by atoms with Gasteiger partial charge in [-0.1, -0.05) is 40.0 Å². The van der Waals surface area contributed by atoms with Gasteiger partial charge in [0.1, 0.15) is 11.5 Å². The number of hydrogen-bond acceptors (Lipinski definition) is 4. The molecule has 1 aliphatic rings. The molecule has 0 aliphatic carbocycles. The van der Waals surface area contributed by atoms with Gasteiger partial charge in [0.05, 0.1) is 12.2 Å². The molecule has 0 bridgehead atoms. The van der Waals surface area contributed by atoms with Gasteiger partial charge in [0.15, 0.2) is 6.61 Å². The van der Waals surface area contributed by atoms with Crippen LogP contribution in [0, 0.1) is 5.92 Å². The highest BCUT2D eigenvalue weighted by atomic mass is 79.9. The number of ether oxygens (including phenoxy) is 2. The molecule has 0 saturated carbocycles. The van der Waals surface area contributed by atoms with Gasteiger partial charge >= 0.3 is 0 Å². The normalized spacial score (nSPS) is 14.3. The van der Waals surface area contributed by atoms with Crippen LogP contribution in [0.4, 0.5) is 0 Å². The molecule has 0 radical (unpaired) electrons. The molecule has 1 atom stereocenters. The third-order valence-electron chi connectivity index (χ3n) is 5.86. The van der Waals surface area contributed by atoms with Crippen LogP contribution in [0.25, 0.3) is 0 Å². The van der Waals surface area contributed by atoms with E-state index in [1.807, 2.05) is 12.1 Å². The fraction of sp³-hybridized carbons (Fsp3) is 0.682. The van der Waals surface area contributed by atoms with Crippen molar-refractivity contribution in [1.29, 1.82) is 0 Å². The van der Waals surface area contributed by atoms with Crippen LogP contribution in [0.15, 0.2) is 18.2 Å². The first-order valence-corrected chi connectivity index (χ1v) is 10.3. The first-order valence-electron chi connectivity index (χ1n) is 10.3. The van der Waals surface area contributed by atoms with Crippen LogP contribution in [0.3, 0.4) is 0 Å². The average molecular weight is 442 g/mol. The summed E-state index contributed by atoms with van der Waals surface area (Å²) in [4.78, 5) is 11.6. The lowest BCUT2D eigenvalue weighted by Crippen LogP contribution is -2.46. The first-order chi connectivity index (χ1) is 12.5. The van der Waals surface area contributed by atoms with Gasteiger partial charge in [-0.25, -0.2) is 0 Å². The number of hydrogen-bond donors (Lipinski definition) is 1. The van der Waals surface area contributed by atoms with Gasteiger partial charge in [-0.3, -0.25) is 4.79 Å². The maximum atomic E-state index is 11.6. The third-order valence-corrected chi connectivity index (χ3v) is 5.86. The third kappa shape index (κ3) is 6.49. The number of rotatable bonds is 12. The van der Waals surface area contributed by atoms with Gasteiger partial charge in [0, 0.05) is 11.6 Å². The van der Waals surface area contributed by atoms with Crippen molar-refractivity contribution in [3.63, 3.8) is 0 Å². The van der Waals surface area contributed by atoms with Crippen molar-refractivity contribution >= 4 is 22.8 Å². The van der Waals surface area contributed by atoms with E-state index in [2.05, 4.69) is 20.8 Å². The summed E-state index contributed by atoms with van der Waals surface area (Å²) in [6, 6.07) is 5.48. The van der Waals surface area contributed by atoms with Crippen molar-refractivity contribution in [2.45, 2.75) is 77.7 Å². The molecule has 154 valence electrons. The zero-order valence-corrected chi connectivity index (χ0v) is 18.8. The monoisotopic (exact) mass is 441 g/mol. The van der Waals surface area contributed by atoms with E-state index in [1.165, 1.54) is 25.7 Å². The van der Waals surface area contributed by atoms with Crippen LogP contribution in [-0.2, 0) is 0 Å².